The third-order valence-electron chi connectivity index (χ3n) is 3.82. The zero-order valence-electron chi connectivity index (χ0n) is 12.4. The molecule has 0 atom stereocenters. The number of rotatable bonds is 4. The van der Waals surface area contributed by atoms with Gasteiger partial charge in [0.2, 0.25) is 0 Å². The van der Waals surface area contributed by atoms with Crippen molar-refractivity contribution in [2.24, 2.45) is 0 Å². The molecule has 0 radical (unpaired) electrons. The number of nitrogens with zero attached hydrogens (tertiary/aromatic N) is 1. The van der Waals surface area contributed by atoms with Crippen molar-refractivity contribution < 1.29 is 9.90 Å². The fraction of sp³-hybridized carbons (Fsp3) is 0.412. The summed E-state index contributed by atoms with van der Waals surface area (Å²) >= 11 is 0. The normalized spacial score (nSPS) is 15.2. The van der Waals surface area contributed by atoms with E-state index in [-0.39, 0.29) is 12.5 Å². The van der Waals surface area contributed by atoms with Crippen LogP contribution in [0.5, 0.6) is 0 Å². The number of hydrogen-bond acceptors (Lipinski definition) is 3. The zero-order chi connectivity index (χ0) is 15.0. The van der Waals surface area contributed by atoms with E-state index in [0.29, 0.717) is 11.5 Å². The van der Waals surface area contributed by atoms with Crippen LogP contribution in [0.2, 0.25) is 0 Å². The number of nitrogens with one attached hydrogen (secondary N) is 1. The first kappa shape index (κ1) is 14.0. The molecule has 21 heavy (non-hydrogen) atoms. The Morgan fingerprint density at radius 1 is 1.38 bits per heavy atom. The minimum absolute atomic E-state index is 0.1000. The molecule has 1 aliphatic carbocycles. The lowest BCUT2D eigenvalue weighted by atomic mass is 10.0. The molecule has 1 amide bonds. The van der Waals surface area contributed by atoms with E-state index in [1.165, 1.54) is 0 Å². The molecule has 4 heteroatoms. The maximum Gasteiger partial charge on any atom is 0.252 e. The van der Waals surface area contributed by atoms with Crippen molar-refractivity contribution in [1.82, 2.24) is 10.3 Å². The molecule has 1 saturated carbocycles. The number of carbonyl (C=O) groups excluding carboxylic acids is 1. The largest absolute Gasteiger partial charge is 0.394 e. The monoisotopic (exact) mass is 284 g/mol. The van der Waals surface area contributed by atoms with Crippen molar-refractivity contribution in [3.8, 4) is 0 Å². The van der Waals surface area contributed by atoms with E-state index in [1.807, 2.05) is 30.3 Å². The first-order valence-electron chi connectivity index (χ1n) is 7.33. The van der Waals surface area contributed by atoms with Crippen LogP contribution < -0.4 is 5.32 Å². The highest BCUT2D eigenvalue weighted by Crippen LogP contribution is 2.40. The number of aromatic nitrogens is 1. The van der Waals surface area contributed by atoms with Crippen LogP contribution in [0.4, 0.5) is 0 Å². The molecule has 1 heterocycles. The van der Waals surface area contributed by atoms with Crippen LogP contribution in [0.15, 0.2) is 30.3 Å². The molecule has 0 saturated heterocycles. The van der Waals surface area contributed by atoms with Crippen LogP contribution in [-0.2, 0) is 0 Å². The highest BCUT2D eigenvalue weighted by atomic mass is 16.3. The van der Waals surface area contributed by atoms with Crippen molar-refractivity contribution in [2.45, 2.75) is 38.1 Å². The van der Waals surface area contributed by atoms with Crippen molar-refractivity contribution in [3.05, 3.63) is 41.6 Å². The van der Waals surface area contributed by atoms with Gasteiger partial charge in [-0.25, -0.2) is 0 Å². The van der Waals surface area contributed by atoms with Crippen molar-refractivity contribution in [2.75, 3.05) is 6.61 Å². The maximum absolute atomic E-state index is 12.6. The molecule has 4 nitrogen and oxygen atoms in total. The van der Waals surface area contributed by atoms with E-state index in [2.05, 4.69) is 10.3 Å². The molecular formula is C17H20N2O2. The first-order chi connectivity index (χ1) is 10.00. The SMILES string of the molecule is CC(C)(CO)NC(=O)c1cc(C2CC2)nc2ccccc12. The van der Waals surface area contributed by atoms with Gasteiger partial charge in [-0.3, -0.25) is 9.78 Å². The number of pyridine rings is 1. The van der Waals surface area contributed by atoms with Gasteiger partial charge in [0.1, 0.15) is 0 Å². The number of aliphatic hydroxyl groups is 1. The van der Waals surface area contributed by atoms with Crippen LogP contribution in [0.3, 0.4) is 0 Å². The third-order valence-corrected chi connectivity index (χ3v) is 3.82. The van der Waals surface area contributed by atoms with E-state index >= 15 is 0 Å². The molecule has 1 aromatic heterocycles. The van der Waals surface area contributed by atoms with Gasteiger partial charge >= 0.3 is 0 Å². The molecule has 2 N–H and O–H groups in total. The molecule has 0 spiro atoms. The standard InChI is InChI=1S/C17H20N2O2/c1-17(2,10-20)19-16(21)13-9-15(11-7-8-11)18-14-6-4-3-5-12(13)14/h3-6,9,11,20H,7-8,10H2,1-2H3,(H,19,21). The molecule has 0 aliphatic heterocycles. The van der Waals surface area contributed by atoms with Crippen LogP contribution in [0, 0.1) is 0 Å². The Balaban J connectivity index is 2.05. The van der Waals surface area contributed by atoms with Crippen molar-refractivity contribution in [3.63, 3.8) is 0 Å². The van der Waals surface area contributed by atoms with E-state index in [1.54, 1.807) is 13.8 Å². The number of para-hydroxylation sites is 1. The van der Waals surface area contributed by atoms with Crippen LogP contribution in [-0.4, -0.2) is 28.1 Å². The predicted octanol–water partition coefficient (Wildman–Crippen LogP) is 2.61. The average Bonchev–Trinajstić information content (AvgIpc) is 3.30. The van der Waals surface area contributed by atoms with E-state index in [9.17, 15) is 9.90 Å². The Labute approximate surface area is 124 Å². The topological polar surface area (TPSA) is 62.2 Å². The van der Waals surface area contributed by atoms with Crippen molar-refractivity contribution >= 4 is 16.8 Å². The summed E-state index contributed by atoms with van der Waals surface area (Å²) in [7, 11) is 0. The summed E-state index contributed by atoms with van der Waals surface area (Å²) in [5.74, 6) is 0.335. The van der Waals surface area contributed by atoms with Gasteiger partial charge in [0.25, 0.3) is 5.91 Å². The van der Waals surface area contributed by atoms with Gasteiger partial charge in [0.15, 0.2) is 0 Å². The van der Waals surface area contributed by atoms with Gasteiger partial charge in [-0.15, -0.1) is 0 Å². The average molecular weight is 284 g/mol. The number of aliphatic hydroxyl groups excluding tert-OH is 1. The fourth-order valence-electron chi connectivity index (χ4n) is 2.39. The Kier molecular flexibility index (Phi) is 3.41. The summed E-state index contributed by atoms with van der Waals surface area (Å²) in [6.45, 7) is 3.50. The highest BCUT2D eigenvalue weighted by molar-refractivity contribution is 6.06. The van der Waals surface area contributed by atoms with Crippen molar-refractivity contribution in [1.29, 1.82) is 0 Å². The van der Waals surface area contributed by atoms with Gasteiger partial charge in [0, 0.05) is 17.0 Å². The van der Waals surface area contributed by atoms with Gasteiger partial charge < -0.3 is 10.4 Å². The number of hydrogen-bond donors (Lipinski definition) is 2. The number of carbonyl (C=O) groups is 1. The molecule has 1 fully saturated rings. The lowest BCUT2D eigenvalue weighted by Gasteiger charge is -2.24. The zero-order valence-corrected chi connectivity index (χ0v) is 12.4. The second-order valence-corrected chi connectivity index (χ2v) is 6.38. The molecular weight excluding hydrogens is 264 g/mol. The summed E-state index contributed by atoms with van der Waals surface area (Å²) in [6.07, 6.45) is 2.29. The number of fused-ring (bicyclic) bond motifs is 1. The lowest BCUT2D eigenvalue weighted by molar-refractivity contribution is 0.0871. The van der Waals surface area contributed by atoms with E-state index < -0.39 is 5.54 Å². The molecule has 0 unspecified atom stereocenters. The summed E-state index contributed by atoms with van der Waals surface area (Å²) in [5.41, 5.74) is 1.86. The Morgan fingerprint density at radius 3 is 2.76 bits per heavy atom. The fourth-order valence-corrected chi connectivity index (χ4v) is 2.39. The van der Waals surface area contributed by atoms with Crippen LogP contribution >= 0.6 is 0 Å². The van der Waals surface area contributed by atoms with Gasteiger partial charge in [-0.05, 0) is 38.8 Å². The highest BCUT2D eigenvalue weighted by Gasteiger charge is 2.28. The summed E-state index contributed by atoms with van der Waals surface area (Å²) in [5, 5.41) is 13.1. The number of amides is 1. The quantitative estimate of drug-likeness (QED) is 0.907. The predicted molar refractivity (Wildman–Crippen MR) is 82.3 cm³/mol. The second kappa shape index (κ2) is 5.11. The minimum Gasteiger partial charge on any atom is -0.394 e. The van der Waals surface area contributed by atoms with E-state index in [4.69, 9.17) is 0 Å². The first-order valence-corrected chi connectivity index (χ1v) is 7.33. The summed E-state index contributed by atoms with van der Waals surface area (Å²) < 4.78 is 0. The van der Waals surface area contributed by atoms with Crippen LogP contribution in [0.1, 0.15) is 48.7 Å². The Bertz CT molecular complexity index is 690. The van der Waals surface area contributed by atoms with E-state index in [0.717, 1.165) is 29.4 Å². The lowest BCUT2D eigenvalue weighted by Crippen LogP contribution is -2.46. The summed E-state index contributed by atoms with van der Waals surface area (Å²) in [4.78, 5) is 17.2. The molecule has 110 valence electrons. The van der Waals surface area contributed by atoms with Gasteiger partial charge in [-0.1, -0.05) is 18.2 Å². The smallest absolute Gasteiger partial charge is 0.252 e. The molecule has 3 rings (SSSR count). The van der Waals surface area contributed by atoms with Gasteiger partial charge in [-0.2, -0.15) is 0 Å². The minimum atomic E-state index is -0.638. The Hall–Kier alpha value is -1.94. The number of benzene rings is 1. The van der Waals surface area contributed by atoms with Crippen LogP contribution in [0.25, 0.3) is 10.9 Å². The molecule has 2 aromatic rings. The summed E-state index contributed by atoms with van der Waals surface area (Å²) in [6, 6.07) is 9.61. The maximum atomic E-state index is 12.6. The molecule has 0 bridgehead atoms. The molecule has 1 aromatic carbocycles. The second-order valence-electron chi connectivity index (χ2n) is 6.38. The Morgan fingerprint density at radius 2 is 2.10 bits per heavy atom. The van der Waals surface area contributed by atoms with Gasteiger partial charge in [0.05, 0.1) is 23.2 Å². The third kappa shape index (κ3) is 2.90. The molecule has 1 aliphatic rings.